The predicted octanol–water partition coefficient (Wildman–Crippen LogP) is 4.30. The molecule has 1 saturated carbocycles. The third-order valence-corrected chi connectivity index (χ3v) is 5.92. The largest absolute Gasteiger partial charge is 0.376 e. The topological polar surface area (TPSA) is 59.0 Å². The molecule has 2 aliphatic rings. The Bertz CT molecular complexity index is 990. The highest BCUT2D eigenvalue weighted by Gasteiger charge is 2.21. The number of aryl methyl sites for hydroxylation is 2. The van der Waals surface area contributed by atoms with Crippen molar-refractivity contribution in [3.63, 3.8) is 0 Å². The Balaban J connectivity index is 1.30. The lowest BCUT2D eigenvalue weighted by molar-refractivity contribution is -0.114. The summed E-state index contributed by atoms with van der Waals surface area (Å²) in [5.41, 5.74) is 3.85. The zero-order valence-electron chi connectivity index (χ0n) is 15.4. The minimum Gasteiger partial charge on any atom is -0.376 e. The first kappa shape index (κ1) is 16.4. The van der Waals surface area contributed by atoms with Crippen molar-refractivity contribution >= 4 is 28.2 Å². The zero-order chi connectivity index (χ0) is 18.2. The van der Waals surface area contributed by atoms with Crippen molar-refractivity contribution < 1.29 is 4.79 Å². The molecular weight excluding hydrogens is 336 g/mol. The molecular formula is C22H24N4O. The fraction of sp³-hybridized carbons (Fsp3) is 0.364. The second-order valence-corrected chi connectivity index (χ2v) is 7.61. The lowest BCUT2D eigenvalue weighted by Gasteiger charge is -2.15. The van der Waals surface area contributed by atoms with Crippen LogP contribution < -0.4 is 10.6 Å². The number of carbonyl (C=O) groups is 1. The van der Waals surface area contributed by atoms with E-state index in [0.29, 0.717) is 6.04 Å². The first-order valence-corrected chi connectivity index (χ1v) is 9.90. The molecule has 138 valence electrons. The highest BCUT2D eigenvalue weighted by atomic mass is 16.2. The Labute approximate surface area is 158 Å². The molecule has 1 amide bonds. The van der Waals surface area contributed by atoms with Crippen molar-refractivity contribution in [3.8, 4) is 0 Å². The number of benzene rings is 2. The summed E-state index contributed by atoms with van der Waals surface area (Å²) in [5, 5.41) is 13.3. The van der Waals surface area contributed by atoms with Crippen molar-refractivity contribution in [1.82, 2.24) is 9.78 Å². The Morgan fingerprint density at radius 1 is 1.07 bits per heavy atom. The molecule has 0 aliphatic heterocycles. The van der Waals surface area contributed by atoms with Crippen molar-refractivity contribution in [2.75, 3.05) is 17.2 Å². The monoisotopic (exact) mass is 360 g/mol. The number of nitrogens with one attached hydrogen (secondary N) is 2. The van der Waals surface area contributed by atoms with Crippen LogP contribution in [-0.4, -0.2) is 22.2 Å². The van der Waals surface area contributed by atoms with Gasteiger partial charge in [-0.05, 0) is 48.3 Å². The van der Waals surface area contributed by atoms with Crippen LogP contribution in [0.25, 0.3) is 10.8 Å². The maximum Gasteiger partial charge on any atom is 0.244 e. The van der Waals surface area contributed by atoms with E-state index in [2.05, 4.69) is 46.1 Å². The van der Waals surface area contributed by atoms with Gasteiger partial charge in [0.1, 0.15) is 5.82 Å². The molecule has 27 heavy (non-hydrogen) atoms. The quantitative estimate of drug-likeness (QED) is 0.713. The Hall–Kier alpha value is -2.82. The molecule has 2 aliphatic carbocycles. The average molecular weight is 360 g/mol. The average Bonchev–Trinajstić information content (AvgIpc) is 3.42. The number of hydrogen-bond donors (Lipinski definition) is 2. The van der Waals surface area contributed by atoms with Gasteiger partial charge in [-0.1, -0.05) is 37.1 Å². The Morgan fingerprint density at radius 2 is 1.89 bits per heavy atom. The molecule has 5 rings (SSSR count). The normalized spacial score (nSPS) is 16.1. The van der Waals surface area contributed by atoms with Crippen molar-refractivity contribution in [2.24, 2.45) is 0 Å². The molecule has 1 aromatic heterocycles. The summed E-state index contributed by atoms with van der Waals surface area (Å²) < 4.78 is 1.98. The van der Waals surface area contributed by atoms with Crippen LogP contribution in [0.3, 0.4) is 0 Å². The predicted molar refractivity (Wildman–Crippen MR) is 108 cm³/mol. The first-order valence-electron chi connectivity index (χ1n) is 9.90. The Kier molecular flexibility index (Phi) is 4.07. The van der Waals surface area contributed by atoms with E-state index < -0.39 is 0 Å². The van der Waals surface area contributed by atoms with Crippen LogP contribution in [0.5, 0.6) is 0 Å². The van der Waals surface area contributed by atoms with Crippen LogP contribution >= 0.6 is 0 Å². The lowest BCUT2D eigenvalue weighted by Crippen LogP contribution is -2.24. The lowest BCUT2D eigenvalue weighted by atomic mass is 10.0. The fourth-order valence-electron chi connectivity index (χ4n) is 4.62. The van der Waals surface area contributed by atoms with Gasteiger partial charge in [0.2, 0.25) is 5.91 Å². The summed E-state index contributed by atoms with van der Waals surface area (Å²) >= 11 is 0. The van der Waals surface area contributed by atoms with Crippen LogP contribution in [-0.2, 0) is 17.6 Å². The van der Waals surface area contributed by atoms with E-state index in [1.807, 2.05) is 10.7 Å². The minimum atomic E-state index is -0.0435. The van der Waals surface area contributed by atoms with Gasteiger partial charge in [-0.2, -0.15) is 5.10 Å². The van der Waals surface area contributed by atoms with Gasteiger partial charge in [0.05, 0.1) is 18.8 Å². The summed E-state index contributed by atoms with van der Waals surface area (Å²) in [7, 11) is 0. The number of amides is 1. The van der Waals surface area contributed by atoms with E-state index in [9.17, 15) is 4.79 Å². The van der Waals surface area contributed by atoms with Gasteiger partial charge in [-0.15, -0.1) is 0 Å². The number of carbonyl (C=O) groups excluding carboxylic acids is 1. The van der Waals surface area contributed by atoms with Crippen LogP contribution in [0.2, 0.25) is 0 Å². The van der Waals surface area contributed by atoms with E-state index in [1.165, 1.54) is 34.7 Å². The highest BCUT2D eigenvalue weighted by Crippen LogP contribution is 2.35. The maximum atomic E-state index is 12.5. The number of rotatable bonds is 5. The minimum absolute atomic E-state index is 0.0435. The number of nitrogens with zero attached hydrogens (tertiary/aromatic N) is 2. The molecule has 0 atom stereocenters. The number of anilines is 2. The van der Waals surface area contributed by atoms with Gasteiger partial charge >= 0.3 is 0 Å². The molecule has 0 saturated heterocycles. The second kappa shape index (κ2) is 6.72. The molecule has 0 radical (unpaired) electrons. The Morgan fingerprint density at radius 3 is 2.74 bits per heavy atom. The smallest absolute Gasteiger partial charge is 0.244 e. The molecule has 2 aromatic carbocycles. The number of aromatic nitrogens is 2. The maximum absolute atomic E-state index is 12.5. The van der Waals surface area contributed by atoms with E-state index in [4.69, 9.17) is 0 Å². The summed E-state index contributed by atoms with van der Waals surface area (Å²) in [6, 6.07) is 13.0. The zero-order valence-corrected chi connectivity index (χ0v) is 15.4. The van der Waals surface area contributed by atoms with Crippen molar-refractivity contribution in [3.05, 3.63) is 53.7 Å². The van der Waals surface area contributed by atoms with Crippen LogP contribution in [0, 0.1) is 0 Å². The molecule has 0 bridgehead atoms. The molecule has 5 heteroatoms. The van der Waals surface area contributed by atoms with Gasteiger partial charge in [0, 0.05) is 17.1 Å². The number of hydrogen-bond acceptors (Lipinski definition) is 3. The van der Waals surface area contributed by atoms with Crippen molar-refractivity contribution in [1.29, 1.82) is 0 Å². The molecule has 1 fully saturated rings. The standard InChI is InChI=1S/C22H24N4O/c27-21(25-20-12-13-24-26(20)17-5-1-2-6-17)14-23-19-11-10-16-9-8-15-4-3-7-18(19)22(15)16/h3-4,7,10-13,17,23H,1-2,5-6,8-9,14H2,(H,25,27). The molecule has 1 heterocycles. The van der Waals surface area contributed by atoms with Crippen LogP contribution in [0.1, 0.15) is 42.9 Å². The summed E-state index contributed by atoms with van der Waals surface area (Å²) in [6.45, 7) is 0.245. The second-order valence-electron chi connectivity index (χ2n) is 7.61. The van der Waals surface area contributed by atoms with Gasteiger partial charge in [-0.25, -0.2) is 4.68 Å². The fourth-order valence-corrected chi connectivity index (χ4v) is 4.62. The summed E-state index contributed by atoms with van der Waals surface area (Å²) in [6.07, 6.45) is 8.76. The van der Waals surface area contributed by atoms with Crippen LogP contribution in [0.15, 0.2) is 42.6 Å². The third kappa shape index (κ3) is 2.97. The first-order chi connectivity index (χ1) is 13.3. The summed E-state index contributed by atoms with van der Waals surface area (Å²) in [5.74, 6) is 0.757. The SMILES string of the molecule is O=C(CNc1ccc2c3c(cccc13)CC2)Nc1ccnn1C1CCCC1. The van der Waals surface area contributed by atoms with E-state index in [-0.39, 0.29) is 12.5 Å². The van der Waals surface area contributed by atoms with E-state index in [0.717, 1.165) is 37.2 Å². The summed E-state index contributed by atoms with van der Waals surface area (Å²) in [4.78, 5) is 12.5. The van der Waals surface area contributed by atoms with E-state index >= 15 is 0 Å². The third-order valence-electron chi connectivity index (χ3n) is 5.92. The van der Waals surface area contributed by atoms with Crippen molar-refractivity contribution in [2.45, 2.75) is 44.6 Å². The van der Waals surface area contributed by atoms with Gasteiger partial charge in [0.25, 0.3) is 0 Å². The van der Waals surface area contributed by atoms with Gasteiger partial charge in [0.15, 0.2) is 0 Å². The molecule has 0 unspecified atom stereocenters. The molecule has 0 spiro atoms. The van der Waals surface area contributed by atoms with Crippen LogP contribution in [0.4, 0.5) is 11.5 Å². The van der Waals surface area contributed by atoms with E-state index in [1.54, 1.807) is 6.20 Å². The highest BCUT2D eigenvalue weighted by molar-refractivity contribution is 6.01. The van der Waals surface area contributed by atoms with Gasteiger partial charge in [-0.3, -0.25) is 4.79 Å². The molecule has 2 N–H and O–H groups in total. The van der Waals surface area contributed by atoms with Gasteiger partial charge < -0.3 is 10.6 Å². The molecule has 3 aromatic rings. The molecule has 5 nitrogen and oxygen atoms in total.